The van der Waals surface area contributed by atoms with Crippen LogP contribution in [-0.2, 0) is 12.7 Å². The molecule has 100 valence electrons. The molecule has 1 aromatic rings. The van der Waals surface area contributed by atoms with Gasteiger partial charge < -0.3 is 5.32 Å². The number of halogens is 4. The van der Waals surface area contributed by atoms with Crippen LogP contribution in [-0.4, -0.2) is 6.04 Å². The summed E-state index contributed by atoms with van der Waals surface area (Å²) in [5.74, 6) is -0.586. The van der Waals surface area contributed by atoms with Gasteiger partial charge in [-0.15, -0.1) is 0 Å². The average molecular weight is 261 g/mol. The van der Waals surface area contributed by atoms with Gasteiger partial charge in [0.2, 0.25) is 0 Å². The van der Waals surface area contributed by atoms with Crippen LogP contribution < -0.4 is 5.32 Å². The maximum absolute atomic E-state index is 13.1. The second-order valence-electron chi connectivity index (χ2n) is 4.70. The molecule has 1 N–H and O–H groups in total. The molecule has 0 aromatic heterocycles. The lowest BCUT2D eigenvalue weighted by Crippen LogP contribution is -2.18. The monoisotopic (exact) mass is 261 g/mol. The van der Waals surface area contributed by atoms with E-state index in [9.17, 15) is 17.6 Å². The Morgan fingerprint density at radius 1 is 1.33 bits per heavy atom. The second kappa shape index (κ2) is 4.88. The molecule has 0 spiro atoms. The summed E-state index contributed by atoms with van der Waals surface area (Å²) in [5.41, 5.74) is -0.727. The van der Waals surface area contributed by atoms with E-state index < -0.39 is 17.6 Å². The van der Waals surface area contributed by atoms with E-state index in [0.29, 0.717) is 24.1 Å². The van der Waals surface area contributed by atoms with Crippen molar-refractivity contribution < 1.29 is 17.6 Å². The number of hydrogen-bond acceptors (Lipinski definition) is 1. The van der Waals surface area contributed by atoms with Gasteiger partial charge in [-0.1, -0.05) is 19.4 Å². The molecule has 0 amide bonds. The Balaban J connectivity index is 2.01. The zero-order valence-corrected chi connectivity index (χ0v) is 10.0. The van der Waals surface area contributed by atoms with Crippen LogP contribution >= 0.6 is 0 Å². The smallest absolute Gasteiger partial charge is 0.310 e. The lowest BCUT2D eigenvalue weighted by molar-refractivity contribution is -0.140. The fourth-order valence-corrected chi connectivity index (χ4v) is 2.10. The number of nitrogens with one attached hydrogen (secondary N) is 1. The highest BCUT2D eigenvalue weighted by atomic mass is 19.4. The summed E-state index contributed by atoms with van der Waals surface area (Å²) in [7, 11) is 0. The fraction of sp³-hybridized carbons (Fsp3) is 0.538. The van der Waals surface area contributed by atoms with Crippen LogP contribution in [0.1, 0.15) is 30.9 Å². The Kier molecular flexibility index (Phi) is 3.61. The molecule has 18 heavy (non-hydrogen) atoms. The zero-order chi connectivity index (χ0) is 13.3. The van der Waals surface area contributed by atoms with Crippen LogP contribution in [0.5, 0.6) is 0 Å². The van der Waals surface area contributed by atoms with Crippen molar-refractivity contribution in [3.8, 4) is 0 Å². The highest BCUT2D eigenvalue weighted by molar-refractivity contribution is 5.27. The second-order valence-corrected chi connectivity index (χ2v) is 4.70. The van der Waals surface area contributed by atoms with E-state index in [1.807, 2.05) is 0 Å². The van der Waals surface area contributed by atoms with Crippen LogP contribution in [0, 0.1) is 11.7 Å². The number of benzene rings is 1. The van der Waals surface area contributed by atoms with Gasteiger partial charge in [-0.2, -0.15) is 13.2 Å². The molecule has 1 aromatic carbocycles. The van der Waals surface area contributed by atoms with Crippen molar-refractivity contribution in [2.45, 2.75) is 38.5 Å². The maximum atomic E-state index is 13.1. The standard InChI is InChI=1S/C13H15F4N/c1-2-9-6-12(9)18-7-8-3-4-11(14)10(5-8)13(15,16)17/h3-5,9,12,18H,2,6-7H2,1H3. The van der Waals surface area contributed by atoms with Gasteiger partial charge in [0.1, 0.15) is 5.82 Å². The van der Waals surface area contributed by atoms with Gasteiger partial charge >= 0.3 is 6.18 Å². The average Bonchev–Trinajstić information content (AvgIpc) is 3.05. The topological polar surface area (TPSA) is 12.0 Å². The summed E-state index contributed by atoms with van der Waals surface area (Å²) in [6, 6.07) is 3.55. The number of alkyl halides is 3. The Bertz CT molecular complexity index is 427. The third kappa shape index (κ3) is 3.02. The van der Waals surface area contributed by atoms with E-state index >= 15 is 0 Å². The molecule has 0 radical (unpaired) electrons. The Morgan fingerprint density at radius 2 is 2.06 bits per heavy atom. The van der Waals surface area contributed by atoms with Crippen molar-refractivity contribution in [2.75, 3.05) is 0 Å². The summed E-state index contributed by atoms with van der Waals surface area (Å²) in [6.45, 7) is 2.44. The predicted octanol–water partition coefficient (Wildman–Crippen LogP) is 3.73. The van der Waals surface area contributed by atoms with Crippen molar-refractivity contribution in [2.24, 2.45) is 5.92 Å². The summed E-state index contributed by atoms with van der Waals surface area (Å²) < 4.78 is 50.5. The first-order valence-corrected chi connectivity index (χ1v) is 6.00. The van der Waals surface area contributed by atoms with E-state index in [2.05, 4.69) is 12.2 Å². The molecule has 1 nitrogen and oxygen atoms in total. The first kappa shape index (κ1) is 13.3. The van der Waals surface area contributed by atoms with Crippen LogP contribution in [0.25, 0.3) is 0 Å². The van der Waals surface area contributed by atoms with E-state index in [4.69, 9.17) is 0 Å². The van der Waals surface area contributed by atoms with Gasteiger partial charge in [0, 0.05) is 12.6 Å². The molecule has 1 saturated carbocycles. The summed E-state index contributed by atoms with van der Waals surface area (Å²) in [5, 5.41) is 3.18. The van der Waals surface area contributed by atoms with Gasteiger partial charge in [0.15, 0.2) is 0 Å². The number of rotatable bonds is 4. The SMILES string of the molecule is CCC1CC1NCc1ccc(F)c(C(F)(F)F)c1. The first-order valence-electron chi connectivity index (χ1n) is 6.00. The van der Waals surface area contributed by atoms with E-state index in [0.717, 1.165) is 25.0 Å². The van der Waals surface area contributed by atoms with Crippen LogP contribution in [0.4, 0.5) is 17.6 Å². The third-order valence-electron chi connectivity index (χ3n) is 3.35. The molecule has 5 heteroatoms. The minimum absolute atomic E-state index is 0.352. The summed E-state index contributed by atoms with van der Waals surface area (Å²) in [6.07, 6.45) is -2.48. The normalized spacial score (nSPS) is 23.2. The summed E-state index contributed by atoms with van der Waals surface area (Å²) >= 11 is 0. The lowest BCUT2D eigenvalue weighted by atomic mass is 10.1. The lowest BCUT2D eigenvalue weighted by Gasteiger charge is -2.10. The van der Waals surface area contributed by atoms with E-state index in [1.165, 1.54) is 6.07 Å². The quantitative estimate of drug-likeness (QED) is 0.814. The molecular formula is C13H15F4N. The molecule has 2 unspecified atom stereocenters. The molecule has 0 heterocycles. The van der Waals surface area contributed by atoms with Gasteiger partial charge in [-0.3, -0.25) is 0 Å². The molecule has 2 rings (SSSR count). The van der Waals surface area contributed by atoms with Gasteiger partial charge in [-0.25, -0.2) is 4.39 Å². The molecule has 0 bridgehead atoms. The van der Waals surface area contributed by atoms with Crippen LogP contribution in [0.15, 0.2) is 18.2 Å². The maximum Gasteiger partial charge on any atom is 0.419 e. The minimum atomic E-state index is -4.63. The van der Waals surface area contributed by atoms with Gasteiger partial charge in [0.05, 0.1) is 5.56 Å². The molecule has 1 fully saturated rings. The minimum Gasteiger partial charge on any atom is -0.310 e. The van der Waals surface area contributed by atoms with Crippen LogP contribution in [0.3, 0.4) is 0 Å². The molecule has 2 atom stereocenters. The Hall–Kier alpha value is -1.10. The Morgan fingerprint density at radius 3 is 2.61 bits per heavy atom. The molecule has 1 aliphatic rings. The van der Waals surface area contributed by atoms with E-state index in [1.54, 1.807) is 0 Å². The predicted molar refractivity (Wildman–Crippen MR) is 60.4 cm³/mol. The van der Waals surface area contributed by atoms with E-state index in [-0.39, 0.29) is 0 Å². The van der Waals surface area contributed by atoms with Crippen molar-refractivity contribution in [3.05, 3.63) is 35.1 Å². The fourth-order valence-electron chi connectivity index (χ4n) is 2.10. The zero-order valence-electron chi connectivity index (χ0n) is 10.0. The van der Waals surface area contributed by atoms with Crippen molar-refractivity contribution >= 4 is 0 Å². The summed E-state index contributed by atoms with van der Waals surface area (Å²) in [4.78, 5) is 0. The molecular weight excluding hydrogens is 246 g/mol. The van der Waals surface area contributed by atoms with Crippen molar-refractivity contribution in [3.63, 3.8) is 0 Å². The third-order valence-corrected chi connectivity index (χ3v) is 3.35. The van der Waals surface area contributed by atoms with Gasteiger partial charge in [-0.05, 0) is 30.0 Å². The number of hydrogen-bond donors (Lipinski definition) is 1. The first-order chi connectivity index (χ1) is 8.41. The largest absolute Gasteiger partial charge is 0.419 e. The Labute approximate surface area is 103 Å². The molecule has 0 saturated heterocycles. The highest BCUT2D eigenvalue weighted by Gasteiger charge is 2.36. The highest BCUT2D eigenvalue weighted by Crippen LogP contribution is 2.34. The molecule has 0 aliphatic heterocycles. The molecule has 1 aliphatic carbocycles. The van der Waals surface area contributed by atoms with Crippen molar-refractivity contribution in [1.29, 1.82) is 0 Å². The van der Waals surface area contributed by atoms with Crippen molar-refractivity contribution in [1.82, 2.24) is 5.32 Å². The van der Waals surface area contributed by atoms with Crippen LogP contribution in [0.2, 0.25) is 0 Å². The van der Waals surface area contributed by atoms with Gasteiger partial charge in [0.25, 0.3) is 0 Å².